The maximum Gasteiger partial charge on any atom is 0.242 e. The van der Waals surface area contributed by atoms with Crippen LogP contribution in [0.25, 0.3) is 0 Å². The van der Waals surface area contributed by atoms with Crippen LogP contribution in [0.5, 0.6) is 0 Å². The molecule has 5 heteroatoms. The smallest absolute Gasteiger partial charge is 0.242 e. The van der Waals surface area contributed by atoms with Crippen LogP contribution in [0.15, 0.2) is 0 Å². The molecule has 0 bridgehead atoms. The largest absolute Gasteiger partial charge is 0.354 e. The van der Waals surface area contributed by atoms with Crippen molar-refractivity contribution in [1.82, 2.24) is 16.0 Å². The van der Waals surface area contributed by atoms with Gasteiger partial charge in [-0.1, -0.05) is 13.8 Å². The molecule has 5 nitrogen and oxygen atoms in total. The van der Waals surface area contributed by atoms with Crippen molar-refractivity contribution in [3.8, 4) is 0 Å². The summed E-state index contributed by atoms with van der Waals surface area (Å²) >= 11 is 0. The molecule has 0 saturated carbocycles. The van der Waals surface area contributed by atoms with E-state index in [0.29, 0.717) is 18.9 Å². The molecule has 100 valence electrons. The van der Waals surface area contributed by atoms with Gasteiger partial charge in [0.2, 0.25) is 11.8 Å². The van der Waals surface area contributed by atoms with Crippen molar-refractivity contribution in [2.75, 3.05) is 20.1 Å². The first-order chi connectivity index (χ1) is 7.97. The van der Waals surface area contributed by atoms with E-state index in [1.807, 2.05) is 20.9 Å². The molecule has 17 heavy (non-hydrogen) atoms. The van der Waals surface area contributed by atoms with Crippen molar-refractivity contribution >= 4 is 11.8 Å². The van der Waals surface area contributed by atoms with Crippen LogP contribution in [0.3, 0.4) is 0 Å². The van der Waals surface area contributed by atoms with Gasteiger partial charge in [-0.15, -0.1) is 0 Å². The van der Waals surface area contributed by atoms with E-state index in [0.717, 1.165) is 13.0 Å². The second kappa shape index (κ2) is 8.98. The molecule has 0 radical (unpaired) electrons. The lowest BCUT2D eigenvalue weighted by Gasteiger charge is -2.15. The predicted molar refractivity (Wildman–Crippen MR) is 68.6 cm³/mol. The average molecular weight is 243 g/mol. The Balaban J connectivity index is 3.78. The zero-order valence-corrected chi connectivity index (χ0v) is 11.3. The molecule has 1 atom stereocenters. The van der Waals surface area contributed by atoms with Crippen LogP contribution in [-0.4, -0.2) is 38.0 Å². The first kappa shape index (κ1) is 15.9. The average Bonchev–Trinajstić information content (AvgIpc) is 2.26. The summed E-state index contributed by atoms with van der Waals surface area (Å²) in [6.07, 6.45) is 1.23. The minimum absolute atomic E-state index is 0.0764. The second-order valence-electron chi connectivity index (χ2n) is 4.64. The van der Waals surface area contributed by atoms with Crippen molar-refractivity contribution in [1.29, 1.82) is 0 Å². The Morgan fingerprint density at radius 1 is 1.18 bits per heavy atom. The van der Waals surface area contributed by atoms with Gasteiger partial charge in [-0.25, -0.2) is 0 Å². The Labute approximate surface area is 104 Å². The number of nitrogens with one attached hydrogen (secondary N) is 3. The zero-order valence-electron chi connectivity index (χ0n) is 11.3. The van der Waals surface area contributed by atoms with Gasteiger partial charge in [-0.05, 0) is 32.9 Å². The van der Waals surface area contributed by atoms with E-state index in [-0.39, 0.29) is 11.8 Å². The standard InChI is InChI=1S/C12H25N3O2/c1-9(2)8-14-12(17)10(3)15-11(16)6-5-7-13-4/h9-10,13H,5-8H2,1-4H3,(H,14,17)(H,15,16). The molecule has 0 aromatic heterocycles. The summed E-state index contributed by atoms with van der Waals surface area (Å²) in [6.45, 7) is 7.20. The van der Waals surface area contributed by atoms with E-state index >= 15 is 0 Å². The molecular weight excluding hydrogens is 218 g/mol. The van der Waals surface area contributed by atoms with Gasteiger partial charge in [0.05, 0.1) is 0 Å². The van der Waals surface area contributed by atoms with Crippen LogP contribution in [0.4, 0.5) is 0 Å². The predicted octanol–water partition coefficient (Wildman–Crippen LogP) is 0.263. The van der Waals surface area contributed by atoms with E-state index in [1.54, 1.807) is 6.92 Å². The van der Waals surface area contributed by atoms with E-state index < -0.39 is 6.04 Å². The Hall–Kier alpha value is -1.10. The maximum absolute atomic E-state index is 11.6. The molecule has 0 aliphatic carbocycles. The quantitative estimate of drug-likeness (QED) is 0.536. The molecule has 0 spiro atoms. The van der Waals surface area contributed by atoms with Crippen LogP contribution in [0.2, 0.25) is 0 Å². The minimum Gasteiger partial charge on any atom is -0.354 e. The molecule has 0 aromatic carbocycles. The molecule has 0 aliphatic rings. The van der Waals surface area contributed by atoms with E-state index in [2.05, 4.69) is 16.0 Å². The zero-order chi connectivity index (χ0) is 13.3. The number of amides is 2. The summed E-state index contributed by atoms with van der Waals surface area (Å²) in [7, 11) is 1.85. The summed E-state index contributed by atoms with van der Waals surface area (Å²) < 4.78 is 0. The minimum atomic E-state index is -0.462. The topological polar surface area (TPSA) is 70.2 Å². The number of rotatable bonds is 8. The van der Waals surface area contributed by atoms with Crippen LogP contribution in [-0.2, 0) is 9.59 Å². The Morgan fingerprint density at radius 3 is 2.35 bits per heavy atom. The van der Waals surface area contributed by atoms with Gasteiger partial charge in [-0.3, -0.25) is 9.59 Å². The highest BCUT2D eigenvalue weighted by Gasteiger charge is 2.14. The first-order valence-electron chi connectivity index (χ1n) is 6.19. The number of hydrogen-bond acceptors (Lipinski definition) is 3. The summed E-state index contributed by atoms with van der Waals surface area (Å²) in [5.41, 5.74) is 0. The molecule has 0 heterocycles. The van der Waals surface area contributed by atoms with Gasteiger partial charge in [0.1, 0.15) is 6.04 Å². The van der Waals surface area contributed by atoms with E-state index in [1.165, 1.54) is 0 Å². The molecule has 0 aliphatic heterocycles. The van der Waals surface area contributed by atoms with Crippen LogP contribution >= 0.6 is 0 Å². The number of carbonyl (C=O) groups is 2. The van der Waals surface area contributed by atoms with Gasteiger partial charge < -0.3 is 16.0 Å². The summed E-state index contributed by atoms with van der Waals surface area (Å²) in [6, 6.07) is -0.462. The fourth-order valence-corrected chi connectivity index (χ4v) is 1.26. The van der Waals surface area contributed by atoms with Gasteiger partial charge >= 0.3 is 0 Å². The van der Waals surface area contributed by atoms with E-state index in [4.69, 9.17) is 0 Å². The number of hydrogen-bond donors (Lipinski definition) is 3. The lowest BCUT2D eigenvalue weighted by molar-refractivity contribution is -0.128. The summed E-state index contributed by atoms with van der Waals surface area (Å²) in [5, 5.41) is 8.44. The van der Waals surface area contributed by atoms with Gasteiger partial charge in [-0.2, -0.15) is 0 Å². The van der Waals surface area contributed by atoms with Gasteiger partial charge in [0.25, 0.3) is 0 Å². The van der Waals surface area contributed by atoms with Crippen LogP contribution in [0.1, 0.15) is 33.6 Å². The van der Waals surface area contributed by atoms with Crippen molar-refractivity contribution < 1.29 is 9.59 Å². The molecule has 2 amide bonds. The Morgan fingerprint density at radius 2 is 1.82 bits per heavy atom. The normalized spacial score (nSPS) is 12.3. The fourth-order valence-electron chi connectivity index (χ4n) is 1.26. The highest BCUT2D eigenvalue weighted by molar-refractivity contribution is 5.87. The lowest BCUT2D eigenvalue weighted by Crippen LogP contribution is -2.45. The molecule has 0 saturated heterocycles. The molecular formula is C12H25N3O2. The molecule has 3 N–H and O–H groups in total. The van der Waals surface area contributed by atoms with E-state index in [9.17, 15) is 9.59 Å². The van der Waals surface area contributed by atoms with Crippen LogP contribution < -0.4 is 16.0 Å². The van der Waals surface area contributed by atoms with Crippen molar-refractivity contribution in [2.24, 2.45) is 5.92 Å². The monoisotopic (exact) mass is 243 g/mol. The van der Waals surface area contributed by atoms with Crippen molar-refractivity contribution in [2.45, 2.75) is 39.7 Å². The third kappa shape index (κ3) is 8.68. The summed E-state index contributed by atoms with van der Waals surface area (Å²) in [5.74, 6) is 0.214. The summed E-state index contributed by atoms with van der Waals surface area (Å²) in [4.78, 5) is 23.0. The third-order valence-corrected chi connectivity index (χ3v) is 2.29. The van der Waals surface area contributed by atoms with Crippen LogP contribution in [0, 0.1) is 5.92 Å². The number of carbonyl (C=O) groups excluding carboxylic acids is 2. The fraction of sp³-hybridized carbons (Fsp3) is 0.833. The molecule has 1 unspecified atom stereocenters. The highest BCUT2D eigenvalue weighted by Crippen LogP contribution is 1.92. The lowest BCUT2D eigenvalue weighted by atomic mass is 10.2. The van der Waals surface area contributed by atoms with Gasteiger partial charge in [0, 0.05) is 13.0 Å². The highest BCUT2D eigenvalue weighted by atomic mass is 16.2. The second-order valence-corrected chi connectivity index (χ2v) is 4.64. The molecule has 0 fully saturated rings. The maximum atomic E-state index is 11.6. The Kier molecular flexibility index (Phi) is 8.40. The SMILES string of the molecule is CNCCCC(=O)NC(C)C(=O)NCC(C)C. The first-order valence-corrected chi connectivity index (χ1v) is 6.19. The van der Waals surface area contributed by atoms with Crippen molar-refractivity contribution in [3.63, 3.8) is 0 Å². The Bertz CT molecular complexity index is 242. The molecule has 0 aromatic rings. The van der Waals surface area contributed by atoms with Gasteiger partial charge in [0.15, 0.2) is 0 Å². The third-order valence-electron chi connectivity index (χ3n) is 2.29. The molecule has 0 rings (SSSR count). The van der Waals surface area contributed by atoms with Crippen molar-refractivity contribution in [3.05, 3.63) is 0 Å².